The largest absolute Gasteiger partial charge is 0.399 e. The normalized spacial score (nSPS) is 13.8. The Labute approximate surface area is 112 Å². The van der Waals surface area contributed by atoms with E-state index in [1.807, 2.05) is 0 Å². The zero-order valence-electron chi connectivity index (χ0n) is 11.1. The molecule has 0 radical (unpaired) electrons. The molecule has 19 heavy (non-hydrogen) atoms. The van der Waals surface area contributed by atoms with Crippen LogP contribution in [0.3, 0.4) is 0 Å². The number of nitrogens with two attached hydrogens (primary N) is 1. The number of halogens is 1. The van der Waals surface area contributed by atoms with Crippen LogP contribution in [0.1, 0.15) is 19.4 Å². The Morgan fingerprint density at radius 1 is 1.42 bits per heavy atom. The maximum atomic E-state index is 13.9. The summed E-state index contributed by atoms with van der Waals surface area (Å²) in [5.74, 6) is -0.952. The van der Waals surface area contributed by atoms with Gasteiger partial charge in [-0.15, -0.1) is 0 Å². The first kappa shape index (κ1) is 15.9. The predicted octanol–water partition coefficient (Wildman–Crippen LogP) is 1.01. The molecule has 0 aliphatic heterocycles. The average Bonchev–Trinajstić information content (AvgIpc) is 2.30. The lowest BCUT2D eigenvalue weighted by molar-refractivity contribution is 0.227. The number of nitrogen functional groups attached to an aromatic ring is 1. The van der Waals surface area contributed by atoms with E-state index in [-0.39, 0.29) is 23.8 Å². The number of aliphatic hydroxyl groups excluding tert-OH is 1. The second-order valence-electron chi connectivity index (χ2n) is 4.80. The van der Waals surface area contributed by atoms with E-state index in [1.165, 1.54) is 13.0 Å². The van der Waals surface area contributed by atoms with Crippen molar-refractivity contribution in [2.45, 2.75) is 31.7 Å². The second-order valence-corrected chi connectivity index (χ2v) is 6.49. The first-order chi connectivity index (χ1) is 8.69. The van der Waals surface area contributed by atoms with Crippen molar-refractivity contribution >= 4 is 15.7 Å². The Morgan fingerprint density at radius 2 is 2.00 bits per heavy atom. The number of rotatable bonds is 5. The molecule has 0 saturated heterocycles. The zero-order valence-corrected chi connectivity index (χ0v) is 12.0. The molecule has 0 spiro atoms. The van der Waals surface area contributed by atoms with Crippen LogP contribution < -0.4 is 10.5 Å². The van der Waals surface area contributed by atoms with E-state index in [9.17, 15) is 12.8 Å². The number of aryl methyl sites for hydroxylation is 1. The van der Waals surface area contributed by atoms with Crippen molar-refractivity contribution in [3.8, 4) is 0 Å². The molecule has 7 heteroatoms. The molecule has 0 saturated carbocycles. The van der Waals surface area contributed by atoms with Crippen LogP contribution in [-0.2, 0) is 10.0 Å². The third-order valence-corrected chi connectivity index (χ3v) is 4.33. The van der Waals surface area contributed by atoms with Gasteiger partial charge in [-0.2, -0.15) is 0 Å². The monoisotopic (exact) mass is 290 g/mol. The maximum absolute atomic E-state index is 13.9. The lowest BCUT2D eigenvalue weighted by atomic mass is 10.1. The van der Waals surface area contributed by atoms with Gasteiger partial charge < -0.3 is 10.8 Å². The van der Waals surface area contributed by atoms with Crippen molar-refractivity contribution in [3.63, 3.8) is 0 Å². The highest BCUT2D eigenvalue weighted by Gasteiger charge is 2.25. The fourth-order valence-electron chi connectivity index (χ4n) is 1.61. The summed E-state index contributed by atoms with van der Waals surface area (Å²) in [6.45, 7) is 4.59. The van der Waals surface area contributed by atoms with Gasteiger partial charge in [-0.1, -0.05) is 13.8 Å². The topological polar surface area (TPSA) is 92.4 Å². The van der Waals surface area contributed by atoms with Crippen molar-refractivity contribution < 1.29 is 17.9 Å². The maximum Gasteiger partial charge on any atom is 0.243 e. The molecule has 0 fully saturated rings. The highest BCUT2D eigenvalue weighted by molar-refractivity contribution is 7.89. The number of sulfonamides is 1. The number of benzene rings is 1. The van der Waals surface area contributed by atoms with Crippen LogP contribution in [-0.4, -0.2) is 26.2 Å². The second kappa shape index (κ2) is 5.85. The average molecular weight is 290 g/mol. The Hall–Kier alpha value is -1.18. The van der Waals surface area contributed by atoms with Gasteiger partial charge in [0.25, 0.3) is 0 Å². The number of anilines is 1. The third kappa shape index (κ3) is 3.65. The van der Waals surface area contributed by atoms with Crippen LogP contribution in [0, 0.1) is 18.7 Å². The highest BCUT2D eigenvalue weighted by atomic mass is 32.2. The van der Waals surface area contributed by atoms with E-state index in [0.29, 0.717) is 0 Å². The van der Waals surface area contributed by atoms with Crippen LogP contribution in [0.5, 0.6) is 0 Å². The Morgan fingerprint density at radius 3 is 2.47 bits per heavy atom. The molecule has 0 aliphatic rings. The quantitative estimate of drug-likeness (QED) is 0.706. The van der Waals surface area contributed by atoms with Gasteiger partial charge in [-0.05, 0) is 30.5 Å². The minimum absolute atomic E-state index is 0.120. The van der Waals surface area contributed by atoms with Crippen molar-refractivity contribution in [1.82, 2.24) is 4.72 Å². The molecule has 0 bridgehead atoms. The molecule has 0 unspecified atom stereocenters. The molecule has 0 aliphatic carbocycles. The molecule has 0 aromatic heterocycles. The molecule has 0 heterocycles. The van der Waals surface area contributed by atoms with Gasteiger partial charge in [0.1, 0.15) is 10.7 Å². The summed E-state index contributed by atoms with van der Waals surface area (Å²) in [5.41, 5.74) is 5.87. The van der Waals surface area contributed by atoms with Crippen LogP contribution in [0.4, 0.5) is 10.1 Å². The van der Waals surface area contributed by atoms with Gasteiger partial charge in [0.15, 0.2) is 0 Å². The molecular formula is C12H19FN2O3S. The van der Waals surface area contributed by atoms with E-state index in [4.69, 9.17) is 10.8 Å². The smallest absolute Gasteiger partial charge is 0.243 e. The van der Waals surface area contributed by atoms with Crippen LogP contribution in [0.2, 0.25) is 0 Å². The molecule has 1 aromatic carbocycles. The van der Waals surface area contributed by atoms with E-state index >= 15 is 0 Å². The van der Waals surface area contributed by atoms with Crippen LogP contribution in [0.15, 0.2) is 17.0 Å². The van der Waals surface area contributed by atoms with Crippen molar-refractivity contribution in [2.75, 3.05) is 12.3 Å². The molecule has 4 N–H and O–H groups in total. The summed E-state index contributed by atoms with van der Waals surface area (Å²) in [6.07, 6.45) is 0. The summed E-state index contributed by atoms with van der Waals surface area (Å²) in [6, 6.07) is 1.76. The molecule has 5 nitrogen and oxygen atoms in total. The van der Waals surface area contributed by atoms with E-state index in [0.717, 1.165) is 6.07 Å². The summed E-state index contributed by atoms with van der Waals surface area (Å²) in [5, 5.41) is 9.14. The number of hydrogen-bond donors (Lipinski definition) is 3. The van der Waals surface area contributed by atoms with Gasteiger partial charge >= 0.3 is 0 Å². The van der Waals surface area contributed by atoms with Crippen molar-refractivity contribution in [2.24, 2.45) is 5.92 Å². The lowest BCUT2D eigenvalue weighted by Crippen LogP contribution is -2.41. The Balaban J connectivity index is 3.21. The zero-order chi connectivity index (χ0) is 14.8. The summed E-state index contributed by atoms with van der Waals surface area (Å²) in [7, 11) is -4.06. The molecular weight excluding hydrogens is 271 g/mol. The summed E-state index contributed by atoms with van der Waals surface area (Å²) in [4.78, 5) is -0.496. The Bertz CT molecular complexity index is 558. The summed E-state index contributed by atoms with van der Waals surface area (Å²) < 4.78 is 40.4. The summed E-state index contributed by atoms with van der Waals surface area (Å²) >= 11 is 0. The van der Waals surface area contributed by atoms with Crippen LogP contribution >= 0.6 is 0 Å². The number of hydrogen-bond acceptors (Lipinski definition) is 4. The number of nitrogens with one attached hydrogen (secondary N) is 1. The lowest BCUT2D eigenvalue weighted by Gasteiger charge is -2.20. The SMILES string of the molecule is Cc1cc(N)cc(S(=O)(=O)N[C@H](CO)C(C)C)c1F. The highest BCUT2D eigenvalue weighted by Crippen LogP contribution is 2.22. The molecule has 0 amide bonds. The van der Waals surface area contributed by atoms with Gasteiger partial charge in [0, 0.05) is 11.7 Å². The van der Waals surface area contributed by atoms with Gasteiger partial charge in [0.05, 0.1) is 6.61 Å². The molecule has 108 valence electrons. The first-order valence-electron chi connectivity index (χ1n) is 5.88. The van der Waals surface area contributed by atoms with Crippen LogP contribution in [0.25, 0.3) is 0 Å². The molecule has 1 atom stereocenters. The number of aliphatic hydroxyl groups is 1. The predicted molar refractivity (Wildman–Crippen MR) is 71.6 cm³/mol. The molecule has 1 aromatic rings. The standard InChI is InChI=1S/C12H19FN2O3S/c1-7(2)10(6-16)15-19(17,18)11-5-9(14)4-8(3)12(11)13/h4-5,7,10,15-16H,6,14H2,1-3H3/t10-/m1/s1. The van der Waals surface area contributed by atoms with E-state index in [1.54, 1.807) is 13.8 Å². The van der Waals surface area contributed by atoms with E-state index < -0.39 is 26.8 Å². The van der Waals surface area contributed by atoms with Crippen molar-refractivity contribution in [3.05, 3.63) is 23.5 Å². The minimum Gasteiger partial charge on any atom is -0.399 e. The fourth-order valence-corrected chi connectivity index (χ4v) is 3.17. The Kier molecular flexibility index (Phi) is 4.89. The minimum atomic E-state index is -4.06. The van der Waals surface area contributed by atoms with Crippen molar-refractivity contribution in [1.29, 1.82) is 0 Å². The van der Waals surface area contributed by atoms with E-state index in [2.05, 4.69) is 4.72 Å². The third-order valence-electron chi connectivity index (χ3n) is 2.84. The molecule has 1 rings (SSSR count). The van der Waals surface area contributed by atoms with Gasteiger partial charge in [-0.25, -0.2) is 17.5 Å². The fraction of sp³-hybridized carbons (Fsp3) is 0.500. The van der Waals surface area contributed by atoms with Gasteiger partial charge in [0.2, 0.25) is 10.0 Å². The first-order valence-corrected chi connectivity index (χ1v) is 7.36. The van der Waals surface area contributed by atoms with Gasteiger partial charge in [-0.3, -0.25) is 0 Å².